The van der Waals surface area contributed by atoms with Crippen molar-refractivity contribution in [1.82, 2.24) is 5.32 Å². The highest BCUT2D eigenvalue weighted by molar-refractivity contribution is 5.89. The third-order valence-electron chi connectivity index (χ3n) is 3.58. The molecule has 2 rings (SSSR count). The zero-order valence-electron chi connectivity index (χ0n) is 13.6. The Bertz CT molecular complexity index is 575. The van der Waals surface area contributed by atoms with Crippen LogP contribution in [-0.2, 0) is 22.3 Å². The van der Waals surface area contributed by atoms with Crippen LogP contribution in [-0.4, -0.2) is 30.8 Å². The van der Waals surface area contributed by atoms with E-state index in [1.807, 2.05) is 32.9 Å². The number of ether oxygens (including phenoxy) is 2. The minimum atomic E-state index is -0.494. The van der Waals surface area contributed by atoms with Gasteiger partial charge >= 0.3 is 12.1 Å². The molecule has 1 unspecified atom stereocenters. The lowest BCUT2D eigenvalue weighted by molar-refractivity contribution is 0.0499. The van der Waals surface area contributed by atoms with Crippen LogP contribution >= 0.6 is 0 Å². The molecule has 1 amide bonds. The lowest BCUT2D eigenvalue weighted by Crippen LogP contribution is -2.41. The normalized spacial score (nSPS) is 17.4. The fourth-order valence-electron chi connectivity index (χ4n) is 2.60. The van der Waals surface area contributed by atoms with Crippen LogP contribution in [0.2, 0.25) is 0 Å². The second kappa shape index (κ2) is 6.38. The molecule has 0 aromatic heterocycles. The molecule has 0 saturated heterocycles. The Morgan fingerprint density at radius 3 is 2.59 bits per heavy atom. The number of aryl methyl sites for hydroxylation is 1. The highest BCUT2D eigenvalue weighted by Crippen LogP contribution is 2.23. The monoisotopic (exact) mass is 305 g/mol. The summed E-state index contributed by atoms with van der Waals surface area (Å²) in [5.41, 5.74) is 2.37. The molecular formula is C17H23NO4. The van der Waals surface area contributed by atoms with Gasteiger partial charge in [-0.25, -0.2) is 9.59 Å². The molecule has 0 fully saturated rings. The van der Waals surface area contributed by atoms with Gasteiger partial charge in [-0.2, -0.15) is 0 Å². The second-order valence-corrected chi connectivity index (χ2v) is 6.56. The Kier molecular flexibility index (Phi) is 4.74. The van der Waals surface area contributed by atoms with Crippen molar-refractivity contribution in [2.75, 3.05) is 7.11 Å². The number of rotatable bonds is 2. The third kappa shape index (κ3) is 4.23. The van der Waals surface area contributed by atoms with Crippen molar-refractivity contribution in [1.29, 1.82) is 0 Å². The molecule has 1 aliphatic carbocycles. The van der Waals surface area contributed by atoms with E-state index in [9.17, 15) is 9.59 Å². The van der Waals surface area contributed by atoms with Gasteiger partial charge in [-0.05, 0) is 63.3 Å². The zero-order chi connectivity index (χ0) is 16.3. The Hall–Kier alpha value is -2.04. The summed E-state index contributed by atoms with van der Waals surface area (Å²) < 4.78 is 10.0. The van der Waals surface area contributed by atoms with Gasteiger partial charge in [0, 0.05) is 6.04 Å². The quantitative estimate of drug-likeness (QED) is 0.853. The first-order chi connectivity index (χ1) is 10.3. The molecule has 5 nitrogen and oxygen atoms in total. The molecule has 0 spiro atoms. The first-order valence-corrected chi connectivity index (χ1v) is 7.48. The number of fused-ring (bicyclic) bond motifs is 1. The maximum atomic E-state index is 11.8. The molecule has 0 radical (unpaired) electrons. The van der Waals surface area contributed by atoms with Crippen molar-refractivity contribution in [3.05, 3.63) is 34.9 Å². The van der Waals surface area contributed by atoms with Gasteiger partial charge in [0.15, 0.2) is 0 Å². The summed E-state index contributed by atoms with van der Waals surface area (Å²) in [4.78, 5) is 23.4. The van der Waals surface area contributed by atoms with Gasteiger partial charge in [0.25, 0.3) is 0 Å². The fourth-order valence-corrected chi connectivity index (χ4v) is 2.60. The number of carbonyl (C=O) groups excluding carboxylic acids is 2. The molecule has 0 heterocycles. The van der Waals surface area contributed by atoms with Crippen LogP contribution < -0.4 is 5.32 Å². The van der Waals surface area contributed by atoms with Gasteiger partial charge in [0.1, 0.15) is 5.60 Å². The highest BCUT2D eigenvalue weighted by atomic mass is 16.6. The number of esters is 1. The van der Waals surface area contributed by atoms with Crippen molar-refractivity contribution in [2.45, 2.75) is 51.7 Å². The molecule has 0 aliphatic heterocycles. The molecule has 1 N–H and O–H groups in total. The summed E-state index contributed by atoms with van der Waals surface area (Å²) in [5, 5.41) is 2.91. The first kappa shape index (κ1) is 16.3. The highest BCUT2D eigenvalue weighted by Gasteiger charge is 2.24. The zero-order valence-corrected chi connectivity index (χ0v) is 13.6. The average Bonchev–Trinajstić information content (AvgIpc) is 2.43. The summed E-state index contributed by atoms with van der Waals surface area (Å²) in [6, 6.07) is 5.64. The topological polar surface area (TPSA) is 64.6 Å². The van der Waals surface area contributed by atoms with Gasteiger partial charge in [-0.3, -0.25) is 0 Å². The molecule has 1 aliphatic rings. The minimum Gasteiger partial charge on any atom is -0.465 e. The molecular weight excluding hydrogens is 282 g/mol. The molecule has 120 valence electrons. The summed E-state index contributed by atoms with van der Waals surface area (Å²) in [6.07, 6.45) is 2.01. The number of nitrogens with one attached hydrogen (secondary N) is 1. The van der Waals surface area contributed by atoms with Gasteiger partial charge in [0.05, 0.1) is 12.7 Å². The predicted octanol–water partition coefficient (Wildman–Crippen LogP) is 2.86. The van der Waals surface area contributed by atoms with E-state index in [1.54, 1.807) is 6.07 Å². The number of benzene rings is 1. The molecule has 1 atom stereocenters. The molecule has 5 heteroatoms. The largest absolute Gasteiger partial charge is 0.465 e. The maximum absolute atomic E-state index is 11.8. The number of methoxy groups -OCH3 is 1. The summed E-state index contributed by atoms with van der Waals surface area (Å²) in [7, 11) is 1.38. The van der Waals surface area contributed by atoms with Crippen LogP contribution in [0.3, 0.4) is 0 Å². The Morgan fingerprint density at radius 1 is 1.23 bits per heavy atom. The van der Waals surface area contributed by atoms with E-state index in [2.05, 4.69) is 5.32 Å². The van der Waals surface area contributed by atoms with E-state index in [1.165, 1.54) is 7.11 Å². The SMILES string of the molecule is COC(=O)c1ccc2c(c1)CCC(NC(=O)OC(C)(C)C)C2. The van der Waals surface area contributed by atoms with Crippen molar-refractivity contribution in [3.8, 4) is 0 Å². The summed E-state index contributed by atoms with van der Waals surface area (Å²) >= 11 is 0. The van der Waals surface area contributed by atoms with Crippen molar-refractivity contribution in [3.63, 3.8) is 0 Å². The Balaban J connectivity index is 2.00. The summed E-state index contributed by atoms with van der Waals surface area (Å²) in [5.74, 6) is -0.322. The van der Waals surface area contributed by atoms with E-state index in [-0.39, 0.29) is 18.1 Å². The van der Waals surface area contributed by atoms with Crippen LogP contribution in [0.5, 0.6) is 0 Å². The molecule has 22 heavy (non-hydrogen) atoms. The number of alkyl carbamates (subject to hydrolysis) is 1. The Morgan fingerprint density at radius 2 is 1.95 bits per heavy atom. The van der Waals surface area contributed by atoms with Gasteiger partial charge in [-0.1, -0.05) is 6.07 Å². The minimum absolute atomic E-state index is 0.0614. The number of hydrogen-bond acceptors (Lipinski definition) is 4. The number of carbonyl (C=O) groups is 2. The molecule has 1 aromatic rings. The van der Waals surface area contributed by atoms with Gasteiger partial charge < -0.3 is 14.8 Å². The lowest BCUT2D eigenvalue weighted by atomic mass is 9.87. The molecule has 0 saturated carbocycles. The van der Waals surface area contributed by atoms with Crippen molar-refractivity contribution >= 4 is 12.1 Å². The van der Waals surface area contributed by atoms with Crippen LogP contribution in [0.15, 0.2) is 18.2 Å². The van der Waals surface area contributed by atoms with Crippen LogP contribution in [0, 0.1) is 0 Å². The van der Waals surface area contributed by atoms with Crippen molar-refractivity contribution in [2.24, 2.45) is 0 Å². The molecule has 0 bridgehead atoms. The van der Waals surface area contributed by atoms with E-state index >= 15 is 0 Å². The molecule has 1 aromatic carbocycles. The first-order valence-electron chi connectivity index (χ1n) is 7.48. The van der Waals surface area contributed by atoms with E-state index in [4.69, 9.17) is 9.47 Å². The van der Waals surface area contributed by atoms with E-state index in [0.29, 0.717) is 5.56 Å². The predicted molar refractivity (Wildman–Crippen MR) is 83.0 cm³/mol. The van der Waals surface area contributed by atoms with E-state index < -0.39 is 5.60 Å². The maximum Gasteiger partial charge on any atom is 0.407 e. The Labute approximate surface area is 131 Å². The fraction of sp³-hybridized carbons (Fsp3) is 0.529. The summed E-state index contributed by atoms with van der Waals surface area (Å²) in [6.45, 7) is 5.53. The number of hydrogen-bond donors (Lipinski definition) is 1. The second-order valence-electron chi connectivity index (χ2n) is 6.56. The van der Waals surface area contributed by atoms with Gasteiger partial charge in [0.2, 0.25) is 0 Å². The third-order valence-corrected chi connectivity index (χ3v) is 3.58. The number of amides is 1. The lowest BCUT2D eigenvalue weighted by Gasteiger charge is -2.27. The van der Waals surface area contributed by atoms with Crippen LogP contribution in [0.25, 0.3) is 0 Å². The standard InChI is InChI=1S/C17H23NO4/c1-17(2,3)22-16(20)18-14-8-7-11-9-13(15(19)21-4)6-5-12(11)10-14/h5-6,9,14H,7-8,10H2,1-4H3,(H,18,20). The van der Waals surface area contributed by atoms with Crippen molar-refractivity contribution < 1.29 is 19.1 Å². The average molecular weight is 305 g/mol. The van der Waals surface area contributed by atoms with Gasteiger partial charge in [-0.15, -0.1) is 0 Å². The smallest absolute Gasteiger partial charge is 0.407 e. The van der Waals surface area contributed by atoms with Crippen LogP contribution in [0.4, 0.5) is 4.79 Å². The van der Waals surface area contributed by atoms with E-state index in [0.717, 1.165) is 30.4 Å². The van der Waals surface area contributed by atoms with Crippen LogP contribution in [0.1, 0.15) is 48.7 Å².